The number of rotatable bonds is 8. The second-order valence-electron chi connectivity index (χ2n) is 9.46. The third-order valence-corrected chi connectivity index (χ3v) is 7.10. The minimum Gasteiger partial charge on any atom is -0.381 e. The van der Waals surface area contributed by atoms with E-state index in [1.165, 1.54) is 22.3 Å². The van der Waals surface area contributed by atoms with Crippen LogP contribution in [-0.2, 0) is 30.0 Å². The molecule has 0 radical (unpaired) electrons. The second-order valence-corrected chi connectivity index (χ2v) is 9.46. The van der Waals surface area contributed by atoms with E-state index in [4.69, 9.17) is 4.74 Å². The Labute approximate surface area is 218 Å². The summed E-state index contributed by atoms with van der Waals surface area (Å²) in [4.78, 5) is 0. The summed E-state index contributed by atoms with van der Waals surface area (Å²) in [5.41, 5.74) is 8.79. The van der Waals surface area contributed by atoms with Gasteiger partial charge in [0.25, 0.3) is 0 Å². The molecule has 0 fully saturated rings. The van der Waals surface area contributed by atoms with Gasteiger partial charge in [-0.2, -0.15) is 0 Å². The molecule has 3 nitrogen and oxygen atoms in total. The monoisotopic (exact) mass is 482 g/mol. The van der Waals surface area contributed by atoms with Crippen molar-refractivity contribution in [2.24, 2.45) is 0 Å². The lowest BCUT2D eigenvalue weighted by Crippen LogP contribution is -2.28. The van der Waals surface area contributed by atoms with E-state index in [9.17, 15) is 0 Å². The van der Waals surface area contributed by atoms with Gasteiger partial charge >= 0.3 is 0 Å². The van der Waals surface area contributed by atoms with Crippen LogP contribution in [0.3, 0.4) is 0 Å². The number of anilines is 2. The summed E-state index contributed by atoms with van der Waals surface area (Å²) in [6.45, 7) is 2.18. The molecule has 0 aromatic heterocycles. The number of benzene rings is 5. The van der Waals surface area contributed by atoms with Crippen molar-refractivity contribution in [3.8, 4) is 0 Å². The zero-order valence-corrected chi connectivity index (χ0v) is 20.7. The van der Waals surface area contributed by atoms with Gasteiger partial charge in [0, 0.05) is 24.5 Å². The Balaban J connectivity index is 1.28. The summed E-state index contributed by atoms with van der Waals surface area (Å²) in [7, 11) is 0. The van der Waals surface area contributed by atoms with E-state index < -0.39 is 5.60 Å². The maximum absolute atomic E-state index is 6.68. The highest BCUT2D eigenvalue weighted by Crippen LogP contribution is 2.47. The van der Waals surface area contributed by atoms with Crippen molar-refractivity contribution in [3.05, 3.63) is 167 Å². The van der Waals surface area contributed by atoms with Crippen molar-refractivity contribution in [2.45, 2.75) is 25.3 Å². The predicted molar refractivity (Wildman–Crippen MR) is 152 cm³/mol. The average Bonchev–Trinajstić information content (AvgIpc) is 3.37. The van der Waals surface area contributed by atoms with E-state index in [0.717, 1.165) is 35.6 Å². The molecule has 1 aliphatic rings. The Bertz CT molecular complexity index is 1360. The lowest BCUT2D eigenvalue weighted by atomic mass is 9.80. The smallest absolute Gasteiger partial charge is 0.144 e. The molecule has 0 saturated heterocycles. The third-order valence-electron chi connectivity index (χ3n) is 7.10. The van der Waals surface area contributed by atoms with Crippen molar-refractivity contribution < 1.29 is 4.74 Å². The molecule has 0 unspecified atom stereocenters. The highest BCUT2D eigenvalue weighted by molar-refractivity contribution is 5.57. The van der Waals surface area contributed by atoms with E-state index in [0.29, 0.717) is 6.61 Å². The summed E-state index contributed by atoms with van der Waals surface area (Å²) in [5, 5.41) is 7.07. The predicted octanol–water partition coefficient (Wildman–Crippen LogP) is 7.73. The van der Waals surface area contributed by atoms with Crippen LogP contribution in [0.2, 0.25) is 0 Å². The lowest BCUT2D eigenvalue weighted by molar-refractivity contribution is 0.0268. The van der Waals surface area contributed by atoms with E-state index in [1.807, 2.05) is 12.1 Å². The quantitative estimate of drug-likeness (QED) is 0.237. The minimum absolute atomic E-state index is 0.595. The van der Waals surface area contributed by atoms with Crippen LogP contribution in [-0.4, -0.2) is 0 Å². The molecule has 6 rings (SSSR count). The summed E-state index contributed by atoms with van der Waals surface area (Å²) in [5.74, 6) is 0. The fraction of sp³-hybridized carbons (Fsp3) is 0.118. The molecule has 5 aromatic carbocycles. The Morgan fingerprint density at radius 3 is 1.49 bits per heavy atom. The van der Waals surface area contributed by atoms with Crippen molar-refractivity contribution in [3.63, 3.8) is 0 Å². The van der Waals surface area contributed by atoms with Crippen LogP contribution in [0.15, 0.2) is 133 Å². The number of hydrogen-bond donors (Lipinski definition) is 2. The first kappa shape index (κ1) is 23.1. The van der Waals surface area contributed by atoms with Gasteiger partial charge in [-0.1, -0.05) is 109 Å². The van der Waals surface area contributed by atoms with Gasteiger partial charge in [-0.15, -0.1) is 0 Å². The fourth-order valence-electron chi connectivity index (χ4n) is 5.14. The summed E-state index contributed by atoms with van der Waals surface area (Å²) in [6, 6.07) is 46.9. The molecule has 37 heavy (non-hydrogen) atoms. The number of nitrogens with one attached hydrogen (secondary N) is 2. The standard InChI is InChI=1S/C34H30N2O/c1-3-9-26(10-4-1)23-35-31-19-15-29(16-20-31)34(33-14-8-7-13-28(33)25-37-34)30-17-21-32(22-18-30)36-24-27-11-5-2-6-12-27/h1-22,35-36H,23-25H2. The van der Waals surface area contributed by atoms with Crippen LogP contribution in [0.4, 0.5) is 11.4 Å². The summed E-state index contributed by atoms with van der Waals surface area (Å²) >= 11 is 0. The molecule has 3 heteroatoms. The second kappa shape index (κ2) is 10.3. The van der Waals surface area contributed by atoms with Gasteiger partial charge in [0.1, 0.15) is 5.60 Å². The molecule has 1 heterocycles. The zero-order chi connectivity index (χ0) is 24.9. The minimum atomic E-state index is -0.632. The molecule has 0 amide bonds. The van der Waals surface area contributed by atoms with Crippen LogP contribution in [0.25, 0.3) is 0 Å². The molecule has 1 aliphatic heterocycles. The van der Waals surface area contributed by atoms with E-state index in [-0.39, 0.29) is 0 Å². The van der Waals surface area contributed by atoms with Gasteiger partial charge in [-0.25, -0.2) is 0 Å². The normalized spacial score (nSPS) is 13.6. The largest absolute Gasteiger partial charge is 0.381 e. The van der Waals surface area contributed by atoms with Gasteiger partial charge < -0.3 is 15.4 Å². The fourth-order valence-corrected chi connectivity index (χ4v) is 5.14. The average molecular weight is 483 g/mol. The maximum atomic E-state index is 6.68. The highest BCUT2D eigenvalue weighted by Gasteiger charge is 2.43. The van der Waals surface area contributed by atoms with E-state index in [1.54, 1.807) is 0 Å². The molecular weight excluding hydrogens is 452 g/mol. The third kappa shape index (κ3) is 4.74. The first-order valence-corrected chi connectivity index (χ1v) is 12.8. The topological polar surface area (TPSA) is 33.3 Å². The number of fused-ring (bicyclic) bond motifs is 1. The Morgan fingerprint density at radius 1 is 0.514 bits per heavy atom. The van der Waals surface area contributed by atoms with Gasteiger partial charge in [-0.05, 0) is 57.6 Å². The zero-order valence-electron chi connectivity index (χ0n) is 20.7. The van der Waals surface area contributed by atoms with Crippen LogP contribution < -0.4 is 10.6 Å². The SMILES string of the molecule is c1ccc(CNc2ccc(C3(c4ccc(NCc5ccccc5)cc4)OCc4ccccc43)cc2)cc1. The van der Waals surface area contributed by atoms with Crippen molar-refractivity contribution in [1.82, 2.24) is 0 Å². The molecule has 0 aliphatic carbocycles. The Morgan fingerprint density at radius 2 is 0.973 bits per heavy atom. The Kier molecular flexibility index (Phi) is 6.45. The van der Waals surface area contributed by atoms with Gasteiger partial charge in [-0.3, -0.25) is 0 Å². The van der Waals surface area contributed by atoms with Crippen LogP contribution in [0.5, 0.6) is 0 Å². The molecular formula is C34H30N2O. The highest BCUT2D eigenvalue weighted by atomic mass is 16.5. The lowest BCUT2D eigenvalue weighted by Gasteiger charge is -2.31. The Hall–Kier alpha value is -4.34. The molecule has 0 atom stereocenters. The van der Waals surface area contributed by atoms with Crippen LogP contribution in [0.1, 0.15) is 33.4 Å². The first-order valence-electron chi connectivity index (χ1n) is 12.8. The summed E-state index contributed by atoms with van der Waals surface area (Å²) in [6.07, 6.45) is 0. The van der Waals surface area contributed by atoms with E-state index in [2.05, 4.69) is 132 Å². The molecule has 0 bridgehead atoms. The van der Waals surface area contributed by atoms with Gasteiger partial charge in [0.05, 0.1) is 6.61 Å². The number of hydrogen-bond acceptors (Lipinski definition) is 3. The molecule has 0 saturated carbocycles. The van der Waals surface area contributed by atoms with Crippen LogP contribution >= 0.6 is 0 Å². The van der Waals surface area contributed by atoms with Crippen molar-refractivity contribution >= 4 is 11.4 Å². The molecule has 2 N–H and O–H groups in total. The van der Waals surface area contributed by atoms with Gasteiger partial charge in [0.2, 0.25) is 0 Å². The molecule has 0 spiro atoms. The maximum Gasteiger partial charge on any atom is 0.144 e. The number of ether oxygens (including phenoxy) is 1. The molecule has 5 aromatic rings. The van der Waals surface area contributed by atoms with Crippen molar-refractivity contribution in [2.75, 3.05) is 10.6 Å². The van der Waals surface area contributed by atoms with Crippen LogP contribution in [0, 0.1) is 0 Å². The summed E-state index contributed by atoms with van der Waals surface area (Å²) < 4.78 is 6.68. The van der Waals surface area contributed by atoms with Crippen molar-refractivity contribution in [1.29, 1.82) is 0 Å². The van der Waals surface area contributed by atoms with E-state index >= 15 is 0 Å². The molecule has 182 valence electrons. The van der Waals surface area contributed by atoms with Gasteiger partial charge in [0.15, 0.2) is 0 Å². The first-order chi connectivity index (χ1) is 18.3.